The number of nitrogens with zero attached hydrogens (tertiary/aromatic N) is 6. The molecule has 1 aliphatic rings. The molecule has 0 aromatic carbocycles. The molecule has 1 saturated heterocycles. The standard InChI is InChI=1S/C16H25ClN6/c1-11-15(16(17)21(4)19-11)10-22-7-5-6-14(8-22)9-23-13(3)18-12(2)20-23/h14H,5-10H2,1-4H3/t14-/m0/s1. The van der Waals surface area contributed by atoms with E-state index in [0.29, 0.717) is 5.92 Å². The lowest BCUT2D eigenvalue weighted by Gasteiger charge is -2.32. The van der Waals surface area contributed by atoms with Crippen molar-refractivity contribution in [2.24, 2.45) is 13.0 Å². The SMILES string of the molecule is Cc1nc(C)n(C[C@H]2CCCN(Cc3c(C)nn(C)c3Cl)C2)n1. The third-order valence-corrected chi connectivity index (χ3v) is 5.12. The molecule has 1 atom stereocenters. The van der Waals surface area contributed by atoms with Crippen LogP contribution in [-0.4, -0.2) is 42.5 Å². The summed E-state index contributed by atoms with van der Waals surface area (Å²) in [5.41, 5.74) is 2.19. The number of likely N-dealkylation sites (tertiary alicyclic amines) is 1. The zero-order valence-corrected chi connectivity index (χ0v) is 15.1. The number of halogens is 1. The quantitative estimate of drug-likeness (QED) is 0.860. The predicted molar refractivity (Wildman–Crippen MR) is 90.5 cm³/mol. The van der Waals surface area contributed by atoms with E-state index in [2.05, 4.69) is 20.1 Å². The Morgan fingerprint density at radius 1 is 1.22 bits per heavy atom. The smallest absolute Gasteiger partial charge is 0.147 e. The highest BCUT2D eigenvalue weighted by Crippen LogP contribution is 2.25. The van der Waals surface area contributed by atoms with Gasteiger partial charge in [-0.05, 0) is 46.1 Å². The molecule has 2 aromatic heterocycles. The lowest BCUT2D eigenvalue weighted by Crippen LogP contribution is -2.37. The zero-order valence-electron chi connectivity index (χ0n) is 14.4. The molecule has 1 fully saturated rings. The van der Waals surface area contributed by atoms with Crippen LogP contribution in [0.25, 0.3) is 0 Å². The van der Waals surface area contributed by atoms with Crippen LogP contribution in [0.5, 0.6) is 0 Å². The van der Waals surface area contributed by atoms with Crippen LogP contribution in [0.15, 0.2) is 0 Å². The number of hydrogen-bond acceptors (Lipinski definition) is 4. The fourth-order valence-electron chi connectivity index (χ4n) is 3.50. The minimum Gasteiger partial charge on any atom is -0.299 e. The van der Waals surface area contributed by atoms with Gasteiger partial charge in [0.2, 0.25) is 0 Å². The lowest BCUT2D eigenvalue weighted by atomic mass is 9.97. The van der Waals surface area contributed by atoms with Crippen molar-refractivity contribution in [1.29, 1.82) is 0 Å². The molecule has 0 bridgehead atoms. The van der Waals surface area contributed by atoms with Gasteiger partial charge in [-0.25, -0.2) is 9.67 Å². The summed E-state index contributed by atoms with van der Waals surface area (Å²) in [6.07, 6.45) is 2.46. The molecule has 23 heavy (non-hydrogen) atoms. The van der Waals surface area contributed by atoms with Crippen LogP contribution in [-0.2, 0) is 20.1 Å². The van der Waals surface area contributed by atoms with E-state index >= 15 is 0 Å². The largest absolute Gasteiger partial charge is 0.299 e. The van der Waals surface area contributed by atoms with Crippen LogP contribution in [0.3, 0.4) is 0 Å². The fourth-order valence-corrected chi connectivity index (χ4v) is 3.73. The van der Waals surface area contributed by atoms with Crippen molar-refractivity contribution < 1.29 is 0 Å². The summed E-state index contributed by atoms with van der Waals surface area (Å²) in [6, 6.07) is 0. The second-order valence-electron chi connectivity index (χ2n) is 6.61. The minimum absolute atomic E-state index is 0.610. The Balaban J connectivity index is 1.65. The summed E-state index contributed by atoms with van der Waals surface area (Å²) in [5.74, 6) is 2.47. The molecule has 0 spiro atoms. The lowest BCUT2D eigenvalue weighted by molar-refractivity contribution is 0.152. The molecule has 6 nitrogen and oxygen atoms in total. The molecule has 0 saturated carbocycles. The number of aromatic nitrogens is 5. The van der Waals surface area contributed by atoms with Crippen molar-refractivity contribution in [2.45, 2.75) is 46.7 Å². The van der Waals surface area contributed by atoms with E-state index in [4.69, 9.17) is 11.6 Å². The first-order valence-corrected chi connectivity index (χ1v) is 8.60. The molecule has 2 aromatic rings. The predicted octanol–water partition coefficient (Wildman–Crippen LogP) is 2.50. The van der Waals surface area contributed by atoms with Crippen LogP contribution in [0.4, 0.5) is 0 Å². The van der Waals surface area contributed by atoms with Gasteiger partial charge in [-0.15, -0.1) is 0 Å². The average Bonchev–Trinajstić information content (AvgIpc) is 2.93. The highest BCUT2D eigenvalue weighted by atomic mass is 35.5. The Morgan fingerprint density at radius 2 is 2.00 bits per heavy atom. The van der Waals surface area contributed by atoms with Crippen LogP contribution >= 0.6 is 11.6 Å². The minimum atomic E-state index is 0.610. The van der Waals surface area contributed by atoms with Gasteiger partial charge in [0.05, 0.1) is 5.69 Å². The van der Waals surface area contributed by atoms with Gasteiger partial charge < -0.3 is 0 Å². The van der Waals surface area contributed by atoms with E-state index in [-0.39, 0.29) is 0 Å². The average molecular weight is 337 g/mol. The summed E-state index contributed by atoms with van der Waals surface area (Å²) < 4.78 is 3.81. The van der Waals surface area contributed by atoms with Crippen molar-refractivity contribution in [3.05, 3.63) is 28.1 Å². The molecule has 3 heterocycles. The Hall–Kier alpha value is -1.40. The van der Waals surface area contributed by atoms with E-state index < -0.39 is 0 Å². The Bertz CT molecular complexity index is 689. The van der Waals surface area contributed by atoms with Gasteiger partial charge in [-0.1, -0.05) is 11.6 Å². The summed E-state index contributed by atoms with van der Waals surface area (Å²) in [5, 5.41) is 9.67. The van der Waals surface area contributed by atoms with Gasteiger partial charge in [0.15, 0.2) is 0 Å². The molecular weight excluding hydrogens is 312 g/mol. The van der Waals surface area contributed by atoms with Crippen molar-refractivity contribution >= 4 is 11.6 Å². The Labute approximate surface area is 142 Å². The van der Waals surface area contributed by atoms with Gasteiger partial charge >= 0.3 is 0 Å². The Kier molecular flexibility index (Phi) is 4.73. The first kappa shape index (κ1) is 16.5. The van der Waals surface area contributed by atoms with Crippen LogP contribution < -0.4 is 0 Å². The maximum atomic E-state index is 6.37. The highest BCUT2D eigenvalue weighted by molar-refractivity contribution is 6.30. The van der Waals surface area contributed by atoms with Gasteiger partial charge in [0, 0.05) is 32.2 Å². The second-order valence-corrected chi connectivity index (χ2v) is 6.97. The molecule has 0 aliphatic carbocycles. The van der Waals surface area contributed by atoms with Crippen molar-refractivity contribution in [3.63, 3.8) is 0 Å². The van der Waals surface area contributed by atoms with Gasteiger partial charge in [-0.3, -0.25) is 9.58 Å². The maximum Gasteiger partial charge on any atom is 0.147 e. The molecule has 0 N–H and O–H groups in total. The maximum absolute atomic E-state index is 6.37. The third-order valence-electron chi connectivity index (χ3n) is 4.65. The van der Waals surface area contributed by atoms with Gasteiger partial charge in [0.1, 0.15) is 16.8 Å². The second kappa shape index (κ2) is 6.61. The highest BCUT2D eigenvalue weighted by Gasteiger charge is 2.23. The summed E-state index contributed by atoms with van der Waals surface area (Å²) in [7, 11) is 1.90. The zero-order chi connectivity index (χ0) is 16.6. The van der Waals surface area contributed by atoms with E-state index in [1.807, 2.05) is 32.5 Å². The molecular formula is C16H25ClN6. The molecule has 3 rings (SSSR count). The molecule has 0 amide bonds. The monoisotopic (exact) mass is 336 g/mol. The molecule has 0 unspecified atom stereocenters. The normalized spacial score (nSPS) is 19.4. The number of hydrogen-bond donors (Lipinski definition) is 0. The Morgan fingerprint density at radius 3 is 2.61 bits per heavy atom. The van der Waals surface area contributed by atoms with E-state index in [1.165, 1.54) is 12.8 Å². The third kappa shape index (κ3) is 3.58. The first-order valence-electron chi connectivity index (χ1n) is 8.22. The van der Waals surface area contributed by atoms with Gasteiger partial charge in [0.25, 0.3) is 0 Å². The topological polar surface area (TPSA) is 51.8 Å². The molecule has 0 radical (unpaired) electrons. The van der Waals surface area contributed by atoms with Crippen LogP contribution in [0.1, 0.15) is 35.7 Å². The number of rotatable bonds is 4. The number of aryl methyl sites for hydroxylation is 4. The van der Waals surface area contributed by atoms with Crippen LogP contribution in [0, 0.1) is 26.7 Å². The summed E-state index contributed by atoms with van der Waals surface area (Å²) in [4.78, 5) is 6.89. The first-order chi connectivity index (χ1) is 10.9. The molecule has 1 aliphatic heterocycles. The van der Waals surface area contributed by atoms with E-state index in [9.17, 15) is 0 Å². The van der Waals surface area contributed by atoms with E-state index in [1.54, 1.807) is 4.68 Å². The van der Waals surface area contributed by atoms with Crippen molar-refractivity contribution in [1.82, 2.24) is 29.4 Å². The fraction of sp³-hybridized carbons (Fsp3) is 0.688. The summed E-state index contributed by atoms with van der Waals surface area (Å²) in [6.45, 7) is 10.0. The van der Waals surface area contributed by atoms with E-state index in [0.717, 1.165) is 54.2 Å². The van der Waals surface area contributed by atoms with Gasteiger partial charge in [-0.2, -0.15) is 10.2 Å². The van der Waals surface area contributed by atoms with Crippen molar-refractivity contribution in [2.75, 3.05) is 13.1 Å². The van der Waals surface area contributed by atoms with Crippen molar-refractivity contribution in [3.8, 4) is 0 Å². The summed E-state index contributed by atoms with van der Waals surface area (Å²) >= 11 is 6.37. The number of piperidine rings is 1. The molecule has 126 valence electrons. The molecule has 7 heteroatoms. The van der Waals surface area contributed by atoms with Crippen LogP contribution in [0.2, 0.25) is 5.15 Å².